The molecular formula is C25H24F2N6O2S. The number of sulfonamides is 1. The summed E-state index contributed by atoms with van der Waals surface area (Å²) in [5, 5.41) is 14.0. The number of nitrogens with zero attached hydrogens (tertiary/aromatic N) is 3. The second-order valence-corrected chi connectivity index (χ2v) is 13.0. The van der Waals surface area contributed by atoms with E-state index in [0.29, 0.717) is 29.4 Å². The maximum atomic E-state index is 16.2. The van der Waals surface area contributed by atoms with Gasteiger partial charge in [-0.05, 0) is 67.4 Å². The van der Waals surface area contributed by atoms with Crippen LogP contribution in [0, 0.1) is 29.4 Å². The summed E-state index contributed by atoms with van der Waals surface area (Å²) in [6.45, 7) is 0. The highest BCUT2D eigenvalue weighted by Gasteiger charge is 2.60. The molecule has 4 aromatic rings. The van der Waals surface area contributed by atoms with Gasteiger partial charge in [0.05, 0.1) is 39.6 Å². The maximum absolute atomic E-state index is 16.2. The van der Waals surface area contributed by atoms with Crippen molar-refractivity contribution in [2.45, 2.75) is 49.3 Å². The minimum Gasteiger partial charge on any atom is -0.382 e. The minimum atomic E-state index is -3.95. The van der Waals surface area contributed by atoms with E-state index in [1.165, 1.54) is 10.4 Å². The minimum absolute atomic E-state index is 0.0212. The van der Waals surface area contributed by atoms with Crippen LogP contribution in [0.1, 0.15) is 55.2 Å². The van der Waals surface area contributed by atoms with Gasteiger partial charge in [-0.1, -0.05) is 6.07 Å². The van der Waals surface area contributed by atoms with E-state index in [-0.39, 0.29) is 46.1 Å². The molecule has 5 atom stereocenters. The Hall–Kier alpha value is -3.21. The second-order valence-electron chi connectivity index (χ2n) is 10.9. The molecule has 2 aromatic heterocycles. The molecule has 0 saturated heterocycles. The smallest absolute Gasteiger partial charge is 0.238 e. The lowest BCUT2D eigenvalue weighted by Crippen LogP contribution is -2.48. The van der Waals surface area contributed by atoms with Crippen LogP contribution in [-0.2, 0) is 10.0 Å². The molecule has 3 aliphatic carbocycles. The van der Waals surface area contributed by atoms with Crippen molar-refractivity contribution in [3.63, 3.8) is 0 Å². The zero-order valence-electron chi connectivity index (χ0n) is 19.2. The third-order valence-corrected chi connectivity index (χ3v) is 11.4. The summed E-state index contributed by atoms with van der Waals surface area (Å²) >= 11 is 0. The van der Waals surface area contributed by atoms with Gasteiger partial charge in [-0.15, -0.1) is 0 Å². The van der Waals surface area contributed by atoms with Crippen molar-refractivity contribution in [2.75, 3.05) is 10.0 Å². The fraction of sp³-hybridized carbons (Fsp3) is 0.440. The van der Waals surface area contributed by atoms with Gasteiger partial charge in [-0.2, -0.15) is 10.2 Å². The van der Waals surface area contributed by atoms with Crippen LogP contribution < -0.4 is 10.0 Å². The van der Waals surface area contributed by atoms with Crippen LogP contribution in [0.25, 0.3) is 21.8 Å². The van der Waals surface area contributed by atoms with Gasteiger partial charge in [-0.3, -0.25) is 14.5 Å². The van der Waals surface area contributed by atoms with Crippen molar-refractivity contribution in [2.24, 2.45) is 17.8 Å². The molecule has 8 rings (SSSR count). The number of nitrogens with one attached hydrogen (secondary N) is 2. The van der Waals surface area contributed by atoms with Crippen LogP contribution in [0.5, 0.6) is 0 Å². The molecule has 36 heavy (non-hydrogen) atoms. The quantitative estimate of drug-likeness (QED) is 0.375. The molecule has 186 valence electrons. The SMILES string of the molecule is Nc1n[nH]c2ccc([C@H]3[C@@H]4C5CCC(C5)[C@@H]4c4c(c(F)cc5[nH]ncc45)N3S(=O)(=O)C3CC3)c(F)c12. The Morgan fingerprint density at radius 1 is 1.06 bits per heavy atom. The molecule has 2 aromatic carbocycles. The van der Waals surface area contributed by atoms with E-state index in [0.717, 1.165) is 24.6 Å². The molecule has 2 unspecified atom stereocenters. The number of aromatic nitrogens is 4. The van der Waals surface area contributed by atoms with E-state index in [4.69, 9.17) is 5.73 Å². The second kappa shape index (κ2) is 6.76. The van der Waals surface area contributed by atoms with Gasteiger partial charge in [0, 0.05) is 17.0 Å². The van der Waals surface area contributed by atoms with E-state index in [1.54, 1.807) is 18.3 Å². The maximum Gasteiger partial charge on any atom is 0.238 e. The summed E-state index contributed by atoms with van der Waals surface area (Å²) in [4.78, 5) is 0. The van der Waals surface area contributed by atoms with Crippen LogP contribution in [0.2, 0.25) is 0 Å². The Morgan fingerprint density at radius 3 is 2.67 bits per heavy atom. The first-order valence-corrected chi connectivity index (χ1v) is 14.0. The lowest BCUT2D eigenvalue weighted by atomic mass is 9.67. The number of aromatic amines is 2. The van der Waals surface area contributed by atoms with Crippen LogP contribution in [-0.4, -0.2) is 34.1 Å². The van der Waals surface area contributed by atoms with Crippen LogP contribution in [0.4, 0.5) is 20.3 Å². The van der Waals surface area contributed by atoms with Crippen molar-refractivity contribution < 1.29 is 17.2 Å². The summed E-state index contributed by atoms with van der Waals surface area (Å²) in [7, 11) is -3.95. The predicted molar refractivity (Wildman–Crippen MR) is 131 cm³/mol. The summed E-state index contributed by atoms with van der Waals surface area (Å²) in [6, 6.07) is 3.76. The highest BCUT2D eigenvalue weighted by molar-refractivity contribution is 7.93. The molecule has 3 fully saturated rings. The van der Waals surface area contributed by atoms with E-state index in [2.05, 4.69) is 20.4 Å². The highest BCUT2D eigenvalue weighted by Crippen LogP contribution is 2.67. The average molecular weight is 511 g/mol. The molecule has 4 N–H and O–H groups in total. The first-order chi connectivity index (χ1) is 17.4. The summed E-state index contributed by atoms with van der Waals surface area (Å²) in [5.74, 6) is -0.939. The van der Waals surface area contributed by atoms with Crippen LogP contribution in [0.15, 0.2) is 24.4 Å². The summed E-state index contributed by atoms with van der Waals surface area (Å²) in [5.41, 5.74) is 7.99. The molecule has 11 heteroatoms. The van der Waals surface area contributed by atoms with Crippen molar-refractivity contribution in [3.8, 4) is 0 Å². The van der Waals surface area contributed by atoms with Crippen molar-refractivity contribution in [1.29, 1.82) is 0 Å². The number of halogens is 2. The number of nitrogens with two attached hydrogens (primary N) is 1. The zero-order valence-corrected chi connectivity index (χ0v) is 20.0. The molecule has 8 nitrogen and oxygen atoms in total. The fourth-order valence-electron chi connectivity index (χ4n) is 7.63. The van der Waals surface area contributed by atoms with Gasteiger partial charge >= 0.3 is 0 Å². The topological polar surface area (TPSA) is 121 Å². The molecule has 3 saturated carbocycles. The number of anilines is 2. The number of hydrogen-bond acceptors (Lipinski definition) is 5. The first-order valence-electron chi connectivity index (χ1n) is 12.5. The Labute approximate surface area is 205 Å². The summed E-state index contributed by atoms with van der Waals surface area (Å²) < 4.78 is 61.7. The molecule has 4 aliphatic rings. The third-order valence-electron chi connectivity index (χ3n) is 9.13. The largest absolute Gasteiger partial charge is 0.382 e. The molecule has 1 aliphatic heterocycles. The number of nitrogen functional groups attached to an aromatic ring is 1. The third kappa shape index (κ3) is 2.49. The van der Waals surface area contributed by atoms with Gasteiger partial charge in [0.25, 0.3) is 0 Å². The van der Waals surface area contributed by atoms with Crippen molar-refractivity contribution in [1.82, 2.24) is 20.4 Å². The molecule has 2 bridgehead atoms. The fourth-order valence-corrected chi connectivity index (χ4v) is 9.70. The van der Waals surface area contributed by atoms with Crippen molar-refractivity contribution in [3.05, 3.63) is 47.2 Å². The lowest BCUT2D eigenvalue weighted by Gasteiger charge is -2.49. The zero-order chi connectivity index (χ0) is 24.5. The van der Waals surface area contributed by atoms with Crippen LogP contribution in [0.3, 0.4) is 0 Å². The molecule has 3 heterocycles. The number of hydrogen-bond donors (Lipinski definition) is 3. The van der Waals surface area contributed by atoms with Gasteiger partial charge < -0.3 is 5.73 Å². The number of H-pyrrole nitrogens is 2. The normalized spacial score (nSPS) is 29.3. The van der Waals surface area contributed by atoms with Gasteiger partial charge in [0.2, 0.25) is 10.0 Å². The van der Waals surface area contributed by atoms with E-state index in [1.807, 2.05) is 0 Å². The molecule has 0 amide bonds. The van der Waals surface area contributed by atoms with Gasteiger partial charge in [-0.25, -0.2) is 17.2 Å². The predicted octanol–water partition coefficient (Wildman–Crippen LogP) is 4.48. The lowest BCUT2D eigenvalue weighted by molar-refractivity contribution is 0.234. The van der Waals surface area contributed by atoms with E-state index >= 15 is 8.78 Å². The Bertz CT molecular complexity index is 1690. The van der Waals surface area contributed by atoms with E-state index < -0.39 is 32.9 Å². The highest BCUT2D eigenvalue weighted by atomic mass is 32.2. The monoisotopic (exact) mass is 510 g/mol. The van der Waals surface area contributed by atoms with Gasteiger partial charge in [0.15, 0.2) is 5.82 Å². The Kier molecular flexibility index (Phi) is 3.93. The van der Waals surface area contributed by atoms with Crippen molar-refractivity contribution >= 4 is 43.3 Å². The standard InChI is InChI=1S/C25H24F2N6O2S/c26-15-8-17-14(9-29-30-17)20-18-10-1-2-11(7-10)19(18)23(33(24(15)20)36(34,35)12-3-4-12)13-5-6-16-21(22(13)27)25(28)32-31-16/h5-6,8-12,18-19,23H,1-4,7H2,(H,29,30)(H3,28,31,32)/t10?,11?,18-,19+,23-/m0/s1. The number of rotatable bonds is 3. The Balaban J connectivity index is 1.48. The Morgan fingerprint density at radius 2 is 1.86 bits per heavy atom. The average Bonchev–Trinajstić information content (AvgIpc) is 3.17. The van der Waals surface area contributed by atoms with Crippen LogP contribution >= 0.6 is 0 Å². The van der Waals surface area contributed by atoms with Gasteiger partial charge in [0.1, 0.15) is 11.6 Å². The molecule has 0 spiro atoms. The molecular weight excluding hydrogens is 486 g/mol. The summed E-state index contributed by atoms with van der Waals surface area (Å²) in [6.07, 6.45) is 5.59. The number of benzene rings is 2. The number of fused-ring (bicyclic) bond motifs is 10. The van der Waals surface area contributed by atoms with E-state index in [9.17, 15) is 8.42 Å². The molecule has 0 radical (unpaired) electrons. The first kappa shape index (κ1) is 20.9.